The lowest BCUT2D eigenvalue weighted by Crippen LogP contribution is -2.14. The molecular weight excluding hydrogens is 795 g/mol. The Morgan fingerprint density at radius 2 is 0.968 bits per heavy atom. The minimum absolute atomic E-state index is 0.133. The molecular formula is C52H30F6N4. The van der Waals surface area contributed by atoms with Gasteiger partial charge in [-0.15, -0.1) is 0 Å². The van der Waals surface area contributed by atoms with Gasteiger partial charge < -0.3 is 9.80 Å². The average Bonchev–Trinajstić information content (AvgIpc) is 3.28. The van der Waals surface area contributed by atoms with Gasteiger partial charge in [0, 0.05) is 33.5 Å². The molecule has 10 heteroatoms. The van der Waals surface area contributed by atoms with Gasteiger partial charge in [-0.25, -0.2) is 0 Å². The second-order valence-electron chi connectivity index (χ2n) is 15.4. The molecule has 10 rings (SSSR count). The van der Waals surface area contributed by atoms with E-state index in [1.807, 2.05) is 127 Å². The number of fused-ring (bicyclic) bond motifs is 2. The van der Waals surface area contributed by atoms with Crippen LogP contribution in [0.3, 0.4) is 0 Å². The molecule has 0 spiro atoms. The number of hydrogen-bond donors (Lipinski definition) is 0. The maximum Gasteiger partial charge on any atom is 0.416 e. The highest BCUT2D eigenvalue weighted by Gasteiger charge is 2.34. The molecule has 0 heterocycles. The van der Waals surface area contributed by atoms with E-state index in [0.29, 0.717) is 33.5 Å². The number of nitriles is 2. The molecule has 0 radical (unpaired) electrons. The molecule has 0 aromatic heterocycles. The first-order valence-corrected chi connectivity index (χ1v) is 19.7. The lowest BCUT2D eigenvalue weighted by atomic mass is 9.91. The third kappa shape index (κ3) is 6.57. The number of hydrogen-bond acceptors (Lipinski definition) is 4. The SMILES string of the molecule is N#Cc1cc(N(c2ccc3c(c2)CCC=C3)c2ccc3ccc4c(N(c5cc(C#N)cc(C(F)(F)F)c5)c5ccc6ccccc6c5)ccc5ccc2c3c54)cc(C(F)(F)F)c1. The Balaban J connectivity index is 1.25. The predicted octanol–water partition coefficient (Wildman–Crippen LogP) is 15.4. The third-order valence-electron chi connectivity index (χ3n) is 11.6. The molecule has 62 heavy (non-hydrogen) atoms. The van der Waals surface area contributed by atoms with Crippen LogP contribution >= 0.6 is 0 Å². The van der Waals surface area contributed by atoms with E-state index >= 15 is 0 Å². The van der Waals surface area contributed by atoms with Crippen LogP contribution in [0.5, 0.6) is 0 Å². The molecule has 0 saturated carbocycles. The third-order valence-corrected chi connectivity index (χ3v) is 11.6. The summed E-state index contributed by atoms with van der Waals surface area (Å²) in [6.45, 7) is 0. The Hall–Kier alpha value is -7.82. The number of halogens is 6. The van der Waals surface area contributed by atoms with Gasteiger partial charge in [-0.3, -0.25) is 0 Å². The van der Waals surface area contributed by atoms with Crippen LogP contribution in [-0.4, -0.2) is 0 Å². The van der Waals surface area contributed by atoms with Gasteiger partial charge in [0.25, 0.3) is 0 Å². The smallest absolute Gasteiger partial charge is 0.310 e. The van der Waals surface area contributed by atoms with E-state index in [2.05, 4.69) is 6.08 Å². The molecule has 9 aromatic carbocycles. The molecule has 0 amide bonds. The van der Waals surface area contributed by atoms with Crippen molar-refractivity contribution in [3.63, 3.8) is 0 Å². The van der Waals surface area contributed by atoms with Crippen molar-refractivity contribution in [2.45, 2.75) is 25.2 Å². The molecule has 4 nitrogen and oxygen atoms in total. The molecule has 9 aromatic rings. The molecule has 1 aliphatic carbocycles. The van der Waals surface area contributed by atoms with Crippen LogP contribution in [-0.2, 0) is 18.8 Å². The molecule has 0 N–H and O–H groups in total. The average molecular weight is 825 g/mol. The minimum atomic E-state index is -4.73. The first-order valence-electron chi connectivity index (χ1n) is 19.7. The highest BCUT2D eigenvalue weighted by atomic mass is 19.4. The normalized spacial score (nSPS) is 12.8. The molecule has 1 aliphatic rings. The molecule has 0 atom stereocenters. The minimum Gasteiger partial charge on any atom is -0.310 e. The van der Waals surface area contributed by atoms with Crippen molar-refractivity contribution in [2.24, 2.45) is 0 Å². The Labute approximate surface area is 351 Å². The summed E-state index contributed by atoms with van der Waals surface area (Å²) in [5, 5.41) is 26.3. The van der Waals surface area contributed by atoms with Crippen molar-refractivity contribution in [1.29, 1.82) is 10.5 Å². The zero-order valence-electron chi connectivity index (χ0n) is 32.5. The van der Waals surface area contributed by atoms with Crippen LogP contribution in [0.2, 0.25) is 0 Å². The fourth-order valence-electron chi connectivity index (χ4n) is 8.83. The fraction of sp³-hybridized carbons (Fsp3) is 0.0769. The van der Waals surface area contributed by atoms with Crippen LogP contribution in [0, 0.1) is 22.7 Å². The molecule has 0 saturated heterocycles. The Bertz CT molecular complexity index is 3390. The summed E-state index contributed by atoms with van der Waals surface area (Å²) in [5.41, 5.74) is 2.40. The van der Waals surface area contributed by atoms with Gasteiger partial charge in [0.2, 0.25) is 0 Å². The summed E-state index contributed by atoms with van der Waals surface area (Å²) in [6.07, 6.45) is -3.79. The van der Waals surface area contributed by atoms with E-state index in [-0.39, 0.29) is 22.5 Å². The quantitative estimate of drug-likeness (QED) is 0.124. The van der Waals surface area contributed by atoms with E-state index in [4.69, 9.17) is 0 Å². The van der Waals surface area contributed by atoms with Crippen molar-refractivity contribution in [2.75, 3.05) is 9.80 Å². The number of nitrogens with zero attached hydrogens (tertiary/aromatic N) is 4. The zero-order chi connectivity index (χ0) is 42.9. The van der Waals surface area contributed by atoms with Crippen molar-refractivity contribution >= 4 is 83.3 Å². The summed E-state index contributed by atoms with van der Waals surface area (Å²) in [7, 11) is 0. The summed E-state index contributed by atoms with van der Waals surface area (Å²) < 4.78 is 86.6. The fourth-order valence-corrected chi connectivity index (χ4v) is 8.83. The zero-order valence-corrected chi connectivity index (χ0v) is 32.5. The van der Waals surface area contributed by atoms with Crippen molar-refractivity contribution in [1.82, 2.24) is 0 Å². The van der Waals surface area contributed by atoms with Gasteiger partial charge in [-0.2, -0.15) is 36.9 Å². The second kappa shape index (κ2) is 14.4. The highest BCUT2D eigenvalue weighted by Crippen LogP contribution is 2.49. The first kappa shape index (κ1) is 38.4. The maximum absolute atomic E-state index is 14.4. The lowest BCUT2D eigenvalue weighted by Gasteiger charge is -2.30. The van der Waals surface area contributed by atoms with Gasteiger partial charge in [0.15, 0.2) is 0 Å². The van der Waals surface area contributed by atoms with E-state index in [1.54, 1.807) is 9.80 Å². The second-order valence-corrected chi connectivity index (χ2v) is 15.4. The first-order chi connectivity index (χ1) is 29.9. The molecule has 0 unspecified atom stereocenters. The van der Waals surface area contributed by atoms with Gasteiger partial charge in [-0.05, 0) is 129 Å². The predicted molar refractivity (Wildman–Crippen MR) is 234 cm³/mol. The van der Waals surface area contributed by atoms with Crippen LogP contribution < -0.4 is 9.80 Å². The van der Waals surface area contributed by atoms with Crippen LogP contribution in [0.15, 0.2) is 152 Å². The monoisotopic (exact) mass is 824 g/mol. The number of allylic oxidation sites excluding steroid dienone is 1. The van der Waals surface area contributed by atoms with Crippen molar-refractivity contribution in [3.8, 4) is 12.1 Å². The maximum atomic E-state index is 14.4. The van der Waals surface area contributed by atoms with Crippen LogP contribution in [0.1, 0.15) is 39.8 Å². The molecule has 0 bridgehead atoms. The van der Waals surface area contributed by atoms with Crippen LogP contribution in [0.25, 0.3) is 49.2 Å². The van der Waals surface area contributed by atoms with Crippen molar-refractivity contribution < 1.29 is 26.3 Å². The number of aryl methyl sites for hydroxylation is 1. The summed E-state index contributed by atoms with van der Waals surface area (Å²) in [6, 6.07) is 44.8. The number of alkyl halides is 6. The number of rotatable bonds is 6. The summed E-state index contributed by atoms with van der Waals surface area (Å²) in [5.74, 6) is 0. The Kier molecular flexibility index (Phi) is 8.93. The molecule has 300 valence electrons. The largest absolute Gasteiger partial charge is 0.416 e. The van der Waals surface area contributed by atoms with Gasteiger partial charge in [0.05, 0.1) is 45.8 Å². The van der Waals surface area contributed by atoms with E-state index < -0.39 is 23.5 Å². The van der Waals surface area contributed by atoms with Gasteiger partial charge in [-0.1, -0.05) is 84.9 Å². The van der Waals surface area contributed by atoms with E-state index in [9.17, 15) is 36.9 Å². The van der Waals surface area contributed by atoms with Crippen molar-refractivity contribution in [3.05, 3.63) is 185 Å². The number of anilines is 6. The van der Waals surface area contributed by atoms with E-state index in [1.165, 1.54) is 12.1 Å². The van der Waals surface area contributed by atoms with Gasteiger partial charge >= 0.3 is 12.4 Å². The molecule has 0 fully saturated rings. The lowest BCUT2D eigenvalue weighted by molar-refractivity contribution is -0.138. The van der Waals surface area contributed by atoms with Crippen LogP contribution in [0.4, 0.5) is 60.5 Å². The number of benzene rings is 9. The molecule has 0 aliphatic heterocycles. The Morgan fingerprint density at radius 1 is 0.468 bits per heavy atom. The van der Waals surface area contributed by atoms with Gasteiger partial charge in [0.1, 0.15) is 0 Å². The van der Waals surface area contributed by atoms with E-state index in [0.717, 1.165) is 80.6 Å². The summed E-state index contributed by atoms with van der Waals surface area (Å²) in [4.78, 5) is 3.49. The Morgan fingerprint density at radius 3 is 1.52 bits per heavy atom. The topological polar surface area (TPSA) is 54.1 Å². The summed E-state index contributed by atoms with van der Waals surface area (Å²) >= 11 is 0. The highest BCUT2D eigenvalue weighted by molar-refractivity contribution is 6.28. The standard InChI is InChI=1S/C52H30F6N4/c53-51(54,55)39-21-31(29-59)23-43(27-39)61(41-15-9-33-5-1-3-7-37(33)25-41)47-19-13-35-12-18-46-48(20-14-36-11-17-45(47)49(35)50(36)46)62(42-16-10-34-6-2-4-8-38(34)26-42)44-24-32(30-60)22-40(28-44)52(56,57)58/h1-3,5-7,9-28H,4,8H2.